The molecule has 326 valence electrons. The van der Waals surface area contributed by atoms with E-state index >= 15 is 0 Å². The summed E-state index contributed by atoms with van der Waals surface area (Å²) in [6.45, 7) is 28.3. The second kappa shape index (κ2) is 20.3. The molecule has 0 radical (unpaired) electrons. The number of amides is 1. The number of rotatable bonds is 17. The Hall–Kier alpha value is -4.31. The molecule has 1 saturated heterocycles. The van der Waals surface area contributed by atoms with Gasteiger partial charge in [0.15, 0.2) is 6.10 Å². The zero-order valence-electron chi connectivity index (χ0n) is 38.4. The molecule has 0 unspecified atom stereocenters. The first-order valence-corrected chi connectivity index (χ1v) is 21.2. The highest BCUT2D eigenvalue weighted by Crippen LogP contribution is 2.42. The van der Waals surface area contributed by atoms with Gasteiger partial charge in [-0.25, -0.2) is 0 Å². The monoisotopic (exact) mass is 818 g/mol. The molecule has 1 aliphatic heterocycles. The predicted octanol–water partition coefficient (Wildman–Crippen LogP) is 9.63. The first kappa shape index (κ1) is 49.1. The number of ether oxygens (including phenoxy) is 4. The second-order valence-corrected chi connectivity index (χ2v) is 18.9. The minimum Gasteiger partial charge on any atom is -0.460 e. The Morgan fingerprint density at radius 3 is 2.05 bits per heavy atom. The van der Waals surface area contributed by atoms with Crippen LogP contribution in [0.4, 0.5) is 0 Å². The van der Waals surface area contributed by atoms with Gasteiger partial charge in [0, 0.05) is 44.6 Å². The topological polar surface area (TPSA) is 134 Å². The summed E-state index contributed by atoms with van der Waals surface area (Å²) in [7, 11) is 0. The highest BCUT2D eigenvalue weighted by Gasteiger charge is 2.48. The molecule has 59 heavy (non-hydrogen) atoms. The summed E-state index contributed by atoms with van der Waals surface area (Å²) in [6, 6.07) is 10.7. The van der Waals surface area contributed by atoms with E-state index in [4.69, 9.17) is 18.9 Å². The lowest BCUT2D eigenvalue weighted by Gasteiger charge is -2.45. The molecule has 0 saturated carbocycles. The molecular formula is C49H71NO9. The van der Waals surface area contributed by atoms with Gasteiger partial charge in [0.2, 0.25) is 5.91 Å². The average Bonchev–Trinajstić information content (AvgIpc) is 3.11. The summed E-state index contributed by atoms with van der Waals surface area (Å²) < 4.78 is 23.7. The Kier molecular flexibility index (Phi) is 16.9. The summed E-state index contributed by atoms with van der Waals surface area (Å²) >= 11 is 0. The van der Waals surface area contributed by atoms with Crippen molar-refractivity contribution in [3.63, 3.8) is 0 Å². The van der Waals surface area contributed by atoms with Crippen molar-refractivity contribution < 1.29 is 42.9 Å². The van der Waals surface area contributed by atoms with E-state index < -0.39 is 46.7 Å². The summed E-state index contributed by atoms with van der Waals surface area (Å²) in [5.41, 5.74) is 5.16. The molecule has 5 atom stereocenters. The number of carbonyl (C=O) groups is 5. The van der Waals surface area contributed by atoms with Gasteiger partial charge >= 0.3 is 17.9 Å². The molecule has 0 aromatic heterocycles. The molecule has 2 aromatic rings. The van der Waals surface area contributed by atoms with Crippen LogP contribution in [0.1, 0.15) is 167 Å². The molecule has 0 bridgehead atoms. The van der Waals surface area contributed by atoms with Gasteiger partial charge in [-0.2, -0.15) is 0 Å². The first-order valence-electron chi connectivity index (χ1n) is 21.2. The van der Waals surface area contributed by atoms with E-state index in [1.54, 1.807) is 13.8 Å². The fraction of sp³-hybridized carbons (Fsp3) is 0.612. The van der Waals surface area contributed by atoms with E-state index in [1.807, 2.05) is 67.5 Å². The van der Waals surface area contributed by atoms with E-state index in [0.717, 1.165) is 33.4 Å². The molecule has 10 nitrogen and oxygen atoms in total. The fourth-order valence-electron chi connectivity index (χ4n) is 7.67. The number of carbonyl (C=O) groups excluding carboxylic acids is 5. The third kappa shape index (κ3) is 13.9. The van der Waals surface area contributed by atoms with E-state index in [9.17, 15) is 24.0 Å². The number of hydrogen-bond donors (Lipinski definition) is 1. The molecule has 0 aliphatic carbocycles. The summed E-state index contributed by atoms with van der Waals surface area (Å²) in [5.74, 6) is -1.42. The number of nitrogens with one attached hydrogen (secondary N) is 1. The number of Topliss-reactive ketones (excluding diaryl/α,β-unsaturated/α-hetero) is 1. The van der Waals surface area contributed by atoms with Crippen molar-refractivity contribution in [3.8, 4) is 0 Å². The predicted molar refractivity (Wildman–Crippen MR) is 232 cm³/mol. The molecule has 1 heterocycles. The number of hydrogen-bond acceptors (Lipinski definition) is 9. The fourth-order valence-corrected chi connectivity index (χ4v) is 7.67. The number of allylic oxidation sites excluding steroid dienone is 1. The first-order chi connectivity index (χ1) is 27.3. The number of ketones is 1. The summed E-state index contributed by atoms with van der Waals surface area (Å²) in [6.07, 6.45) is 3.66. The van der Waals surface area contributed by atoms with Crippen molar-refractivity contribution in [1.82, 2.24) is 5.32 Å². The van der Waals surface area contributed by atoms with Crippen molar-refractivity contribution in [2.45, 2.75) is 172 Å². The summed E-state index contributed by atoms with van der Waals surface area (Å²) in [5, 5.41) is 2.88. The molecule has 1 aliphatic rings. The molecule has 1 fully saturated rings. The molecule has 10 heteroatoms. The SMILES string of the molecule is CC[C@H]1O[C@@H](c2cc(Cc3ccc(/C=C/C(C)(C)C(=O)CC(C)(C)C(=O)NCCCC(=O)OC(C)(C)C)cc3C)c(C(C)C)cc2C)[C@H](OC(C)=O)[C@@H](OC(C)=O)[C@@H]1C. The summed E-state index contributed by atoms with van der Waals surface area (Å²) in [4.78, 5) is 63.3. The van der Waals surface area contributed by atoms with Gasteiger partial charge < -0.3 is 24.3 Å². The van der Waals surface area contributed by atoms with Gasteiger partial charge in [0.1, 0.15) is 23.6 Å². The van der Waals surface area contributed by atoms with E-state index in [1.165, 1.54) is 19.4 Å². The maximum absolute atomic E-state index is 13.6. The van der Waals surface area contributed by atoms with Crippen LogP contribution in [0.3, 0.4) is 0 Å². The number of aryl methyl sites for hydroxylation is 2. The van der Waals surface area contributed by atoms with E-state index in [2.05, 4.69) is 56.4 Å². The lowest BCUT2D eigenvalue weighted by atomic mass is 9.77. The van der Waals surface area contributed by atoms with E-state index in [0.29, 0.717) is 25.8 Å². The highest BCUT2D eigenvalue weighted by molar-refractivity contribution is 5.93. The van der Waals surface area contributed by atoms with Gasteiger partial charge in [-0.05, 0) is 113 Å². The maximum atomic E-state index is 13.6. The van der Waals surface area contributed by atoms with Crippen molar-refractivity contribution in [2.75, 3.05) is 6.54 Å². The Bertz CT molecular complexity index is 1860. The van der Waals surface area contributed by atoms with Crippen molar-refractivity contribution in [3.05, 3.63) is 75.4 Å². The Labute approximate surface area is 353 Å². The lowest BCUT2D eigenvalue weighted by molar-refractivity contribution is -0.225. The van der Waals surface area contributed by atoms with Crippen molar-refractivity contribution >= 4 is 35.7 Å². The van der Waals surface area contributed by atoms with Gasteiger partial charge in [0.05, 0.1) is 11.5 Å². The Balaban J connectivity index is 1.81. The highest BCUT2D eigenvalue weighted by atomic mass is 16.6. The third-order valence-corrected chi connectivity index (χ3v) is 11.2. The largest absolute Gasteiger partial charge is 0.460 e. The quantitative estimate of drug-likeness (QED) is 0.0941. The van der Waals surface area contributed by atoms with Crippen LogP contribution in [-0.2, 0) is 49.3 Å². The minimum atomic E-state index is -0.929. The van der Waals surface area contributed by atoms with Crippen LogP contribution in [0.2, 0.25) is 0 Å². The smallest absolute Gasteiger partial charge is 0.306 e. The van der Waals surface area contributed by atoms with Gasteiger partial charge in [-0.3, -0.25) is 24.0 Å². The lowest BCUT2D eigenvalue weighted by Crippen LogP contribution is -2.53. The van der Waals surface area contributed by atoms with Crippen LogP contribution < -0.4 is 5.32 Å². The molecule has 1 N–H and O–H groups in total. The van der Waals surface area contributed by atoms with Crippen LogP contribution in [-0.4, -0.2) is 60.1 Å². The van der Waals surface area contributed by atoms with Crippen LogP contribution in [0, 0.1) is 30.6 Å². The van der Waals surface area contributed by atoms with Crippen LogP contribution in [0.25, 0.3) is 6.08 Å². The van der Waals surface area contributed by atoms with Gasteiger partial charge in [-0.1, -0.05) is 84.0 Å². The second-order valence-electron chi connectivity index (χ2n) is 18.9. The maximum Gasteiger partial charge on any atom is 0.306 e. The minimum absolute atomic E-state index is 0.0517. The van der Waals surface area contributed by atoms with Crippen LogP contribution in [0.15, 0.2) is 36.4 Å². The third-order valence-electron chi connectivity index (χ3n) is 11.2. The Morgan fingerprint density at radius 1 is 0.864 bits per heavy atom. The molecule has 3 rings (SSSR count). The normalized spacial score (nSPS) is 20.0. The van der Waals surface area contributed by atoms with Crippen molar-refractivity contribution in [2.24, 2.45) is 16.7 Å². The van der Waals surface area contributed by atoms with Crippen molar-refractivity contribution in [1.29, 1.82) is 0 Å². The number of esters is 3. The molecule has 2 aromatic carbocycles. The molecule has 1 amide bonds. The van der Waals surface area contributed by atoms with Crippen LogP contribution >= 0.6 is 0 Å². The zero-order chi connectivity index (χ0) is 44.6. The van der Waals surface area contributed by atoms with Gasteiger partial charge in [0.25, 0.3) is 0 Å². The average molecular weight is 818 g/mol. The zero-order valence-corrected chi connectivity index (χ0v) is 38.4. The van der Waals surface area contributed by atoms with E-state index in [-0.39, 0.29) is 48.4 Å². The van der Waals surface area contributed by atoms with Gasteiger partial charge in [-0.15, -0.1) is 0 Å². The van der Waals surface area contributed by atoms with Crippen LogP contribution in [0.5, 0.6) is 0 Å². The Morgan fingerprint density at radius 2 is 1.49 bits per heavy atom. The standard InChI is InChI=1S/C49H71NO9/c1-16-40-32(6)43(56-33(7)51)45(57-34(8)52)44(58-40)39-27-37(38(29(2)3)25-31(39)5)26-36-20-19-35(24-30(36)4)21-22-48(12,13)41(53)28-49(14,15)46(55)50-23-17-18-42(54)59-47(9,10)11/h19-22,24-25,27,29,32,40,43-45H,16-18,23,26,28H2,1-15H3,(H,50,55)/b22-21+/t32-,40-,43+,44+,45-/m1/s1. The molecular weight excluding hydrogens is 747 g/mol. The number of benzene rings is 2. The molecule has 0 spiro atoms.